The molecule has 4 aromatic rings. The number of aliphatic hydroxyl groups is 1. The third kappa shape index (κ3) is 3.79. The molecule has 1 fully saturated rings. The maximum atomic E-state index is 13.5. The number of methoxy groups -OCH3 is 2. The number of amides is 1. The highest BCUT2D eigenvalue weighted by Crippen LogP contribution is 2.48. The molecular weight excluding hydrogens is 476 g/mol. The van der Waals surface area contributed by atoms with E-state index in [9.17, 15) is 14.7 Å². The van der Waals surface area contributed by atoms with Crippen LogP contribution in [0.1, 0.15) is 28.3 Å². The first-order valence-corrected chi connectivity index (χ1v) is 12.1. The number of thiazole rings is 1. The Bertz CT molecular complexity index is 1540. The van der Waals surface area contributed by atoms with E-state index in [1.54, 1.807) is 30.3 Å². The van der Waals surface area contributed by atoms with E-state index in [1.807, 2.05) is 44.2 Å². The van der Waals surface area contributed by atoms with Gasteiger partial charge >= 0.3 is 5.91 Å². The first-order valence-electron chi connectivity index (χ1n) is 11.3. The van der Waals surface area contributed by atoms with E-state index in [0.717, 1.165) is 21.3 Å². The zero-order valence-corrected chi connectivity index (χ0v) is 21.1. The summed E-state index contributed by atoms with van der Waals surface area (Å²) in [6.07, 6.45) is 0. The Morgan fingerprint density at radius 2 is 1.69 bits per heavy atom. The van der Waals surface area contributed by atoms with Crippen LogP contribution < -0.4 is 14.4 Å². The molecule has 8 heteroatoms. The number of fused-ring (bicyclic) bond motifs is 1. The number of para-hydroxylation sites is 1. The van der Waals surface area contributed by atoms with Crippen LogP contribution in [0, 0.1) is 13.8 Å². The van der Waals surface area contributed by atoms with Crippen molar-refractivity contribution < 1.29 is 24.2 Å². The zero-order chi connectivity index (χ0) is 25.6. The normalized spacial score (nSPS) is 17.1. The second kappa shape index (κ2) is 9.13. The van der Waals surface area contributed by atoms with Gasteiger partial charge in [-0.3, -0.25) is 14.5 Å². The number of carbonyl (C=O) groups is 2. The van der Waals surface area contributed by atoms with Gasteiger partial charge in [0.25, 0.3) is 5.78 Å². The highest BCUT2D eigenvalue weighted by Gasteiger charge is 2.49. The van der Waals surface area contributed by atoms with E-state index in [-0.39, 0.29) is 11.3 Å². The van der Waals surface area contributed by atoms with Gasteiger partial charge in [0.15, 0.2) is 16.6 Å². The van der Waals surface area contributed by atoms with Gasteiger partial charge in [-0.25, -0.2) is 4.98 Å². The number of aryl methyl sites for hydroxylation is 2. The van der Waals surface area contributed by atoms with Gasteiger partial charge in [-0.15, -0.1) is 0 Å². The van der Waals surface area contributed by atoms with Crippen molar-refractivity contribution in [1.29, 1.82) is 0 Å². The largest absolute Gasteiger partial charge is 0.507 e. The van der Waals surface area contributed by atoms with E-state index in [1.165, 1.54) is 30.5 Å². The van der Waals surface area contributed by atoms with Crippen molar-refractivity contribution in [1.82, 2.24) is 4.98 Å². The highest BCUT2D eigenvalue weighted by molar-refractivity contribution is 7.22. The van der Waals surface area contributed by atoms with Gasteiger partial charge in [0, 0.05) is 11.1 Å². The number of hydrogen-bond donors (Lipinski definition) is 1. The van der Waals surface area contributed by atoms with Crippen molar-refractivity contribution in [3.05, 3.63) is 88.5 Å². The summed E-state index contributed by atoms with van der Waals surface area (Å²) in [7, 11) is 3.01. The lowest BCUT2D eigenvalue weighted by atomic mass is 9.94. The van der Waals surface area contributed by atoms with Crippen molar-refractivity contribution in [2.45, 2.75) is 19.9 Å². The first-order chi connectivity index (χ1) is 17.3. The highest BCUT2D eigenvalue weighted by atomic mass is 32.1. The summed E-state index contributed by atoms with van der Waals surface area (Å²) in [5.74, 6) is -1.02. The number of aromatic nitrogens is 1. The Kier molecular flexibility index (Phi) is 5.97. The third-order valence-corrected chi connectivity index (χ3v) is 7.25. The number of anilines is 1. The molecule has 1 aromatic heterocycles. The average molecular weight is 501 g/mol. The van der Waals surface area contributed by atoms with Crippen molar-refractivity contribution in [2.75, 3.05) is 19.1 Å². The molecule has 36 heavy (non-hydrogen) atoms. The zero-order valence-electron chi connectivity index (χ0n) is 20.2. The van der Waals surface area contributed by atoms with Gasteiger partial charge in [-0.1, -0.05) is 59.4 Å². The molecule has 1 saturated heterocycles. The Balaban J connectivity index is 1.79. The molecule has 0 bridgehead atoms. The van der Waals surface area contributed by atoms with E-state index in [2.05, 4.69) is 4.98 Å². The van der Waals surface area contributed by atoms with Crippen molar-refractivity contribution in [3.63, 3.8) is 0 Å². The van der Waals surface area contributed by atoms with Crippen LogP contribution >= 0.6 is 11.3 Å². The molecule has 7 nitrogen and oxygen atoms in total. The molecule has 1 atom stereocenters. The van der Waals surface area contributed by atoms with Gasteiger partial charge in [-0.05, 0) is 37.6 Å². The van der Waals surface area contributed by atoms with E-state index in [0.29, 0.717) is 27.8 Å². The first kappa shape index (κ1) is 23.6. The lowest BCUT2D eigenvalue weighted by Crippen LogP contribution is -2.29. The van der Waals surface area contributed by atoms with Gasteiger partial charge in [0.2, 0.25) is 0 Å². The van der Waals surface area contributed by atoms with E-state index in [4.69, 9.17) is 9.47 Å². The van der Waals surface area contributed by atoms with Crippen LogP contribution in [0.15, 0.2) is 66.2 Å². The van der Waals surface area contributed by atoms with Crippen molar-refractivity contribution in [2.24, 2.45) is 0 Å². The minimum atomic E-state index is -0.974. The topological polar surface area (TPSA) is 89.0 Å². The SMILES string of the molecule is COc1cccc(C2C(=C(O)c3ccc(C)cc3)C(=O)C(=O)N2c2nc3ccc(C)cc3s2)c1OC. The number of Topliss-reactive ketones (excluding diaryl/α,β-unsaturated/α-hetero) is 1. The predicted molar refractivity (Wildman–Crippen MR) is 140 cm³/mol. The summed E-state index contributed by atoms with van der Waals surface area (Å²) in [4.78, 5) is 33.0. The van der Waals surface area contributed by atoms with Crippen LogP contribution in [0.5, 0.6) is 11.5 Å². The number of ketones is 1. The third-order valence-electron chi connectivity index (χ3n) is 6.24. The number of nitrogens with zero attached hydrogens (tertiary/aromatic N) is 2. The molecular formula is C28H24N2O5S. The monoisotopic (exact) mass is 500 g/mol. The van der Waals surface area contributed by atoms with E-state index < -0.39 is 17.7 Å². The fraction of sp³-hybridized carbons (Fsp3) is 0.179. The summed E-state index contributed by atoms with van der Waals surface area (Å²) >= 11 is 1.31. The summed E-state index contributed by atoms with van der Waals surface area (Å²) in [5.41, 5.74) is 3.68. The van der Waals surface area contributed by atoms with Crippen molar-refractivity contribution in [3.8, 4) is 11.5 Å². The Labute approximate surface area is 212 Å². The summed E-state index contributed by atoms with van der Waals surface area (Å²) < 4.78 is 12.0. The molecule has 0 saturated carbocycles. The molecule has 0 aliphatic carbocycles. The molecule has 3 aromatic carbocycles. The quantitative estimate of drug-likeness (QED) is 0.219. The van der Waals surface area contributed by atoms with Gasteiger partial charge < -0.3 is 14.6 Å². The number of ether oxygens (including phenoxy) is 2. The molecule has 182 valence electrons. The Morgan fingerprint density at radius 3 is 2.39 bits per heavy atom. The Morgan fingerprint density at radius 1 is 0.972 bits per heavy atom. The van der Waals surface area contributed by atoms with Gasteiger partial charge in [0.05, 0.1) is 30.0 Å². The number of carbonyl (C=O) groups excluding carboxylic acids is 2. The molecule has 1 unspecified atom stereocenters. The molecule has 1 aliphatic heterocycles. The minimum absolute atomic E-state index is 0.0363. The second-order valence-corrected chi connectivity index (χ2v) is 9.59. The van der Waals surface area contributed by atoms with Crippen LogP contribution in [0.2, 0.25) is 0 Å². The number of hydrogen-bond acceptors (Lipinski definition) is 7. The molecule has 1 amide bonds. The minimum Gasteiger partial charge on any atom is -0.507 e. The summed E-state index contributed by atoms with van der Waals surface area (Å²) in [6, 6.07) is 17.2. The lowest BCUT2D eigenvalue weighted by Gasteiger charge is -2.25. The number of benzene rings is 3. The van der Waals surface area contributed by atoms with E-state index >= 15 is 0 Å². The molecule has 0 spiro atoms. The lowest BCUT2D eigenvalue weighted by molar-refractivity contribution is -0.132. The van der Waals surface area contributed by atoms with Crippen LogP contribution in [0.4, 0.5) is 5.13 Å². The fourth-order valence-electron chi connectivity index (χ4n) is 4.44. The van der Waals surface area contributed by atoms with Gasteiger partial charge in [0.1, 0.15) is 11.8 Å². The number of aliphatic hydroxyl groups excluding tert-OH is 1. The molecule has 5 rings (SSSR count). The Hall–Kier alpha value is -4.17. The van der Waals surface area contributed by atoms with Crippen LogP contribution in [-0.2, 0) is 9.59 Å². The maximum absolute atomic E-state index is 13.5. The molecule has 2 heterocycles. The van der Waals surface area contributed by atoms with Crippen LogP contribution in [0.3, 0.4) is 0 Å². The fourth-order valence-corrected chi connectivity index (χ4v) is 5.53. The summed E-state index contributed by atoms with van der Waals surface area (Å²) in [6.45, 7) is 3.91. The predicted octanol–water partition coefficient (Wildman–Crippen LogP) is 5.56. The molecule has 1 N–H and O–H groups in total. The summed E-state index contributed by atoms with van der Waals surface area (Å²) in [5, 5.41) is 11.7. The van der Waals surface area contributed by atoms with Crippen LogP contribution in [-0.4, -0.2) is 36.0 Å². The van der Waals surface area contributed by atoms with Crippen LogP contribution in [0.25, 0.3) is 16.0 Å². The average Bonchev–Trinajstić information content (AvgIpc) is 3.40. The molecule has 0 radical (unpaired) electrons. The standard InChI is InChI=1S/C28H24N2O5S/c1-15-8-11-17(12-9-15)24(31)22-23(18-6-5-7-20(34-3)26(18)35-4)30(27(33)25(22)32)28-29-19-13-10-16(2)14-21(19)36-28/h5-14,23,31H,1-4H3. The smallest absolute Gasteiger partial charge is 0.301 e. The number of rotatable bonds is 5. The second-order valence-electron chi connectivity index (χ2n) is 8.59. The van der Waals surface area contributed by atoms with Gasteiger partial charge in [-0.2, -0.15) is 0 Å². The van der Waals surface area contributed by atoms with Crippen molar-refractivity contribution >= 4 is 44.1 Å². The maximum Gasteiger partial charge on any atom is 0.301 e. The molecule has 1 aliphatic rings.